The highest BCUT2D eigenvalue weighted by Crippen LogP contribution is 2.17. The van der Waals surface area contributed by atoms with Gasteiger partial charge in [0.1, 0.15) is 0 Å². The van der Waals surface area contributed by atoms with Crippen LogP contribution in [-0.2, 0) is 9.59 Å². The van der Waals surface area contributed by atoms with Crippen LogP contribution in [-0.4, -0.2) is 17.7 Å². The number of benzene rings is 2. The van der Waals surface area contributed by atoms with Gasteiger partial charge >= 0.3 is 0 Å². The zero-order valence-corrected chi connectivity index (χ0v) is 14.3. The summed E-state index contributed by atoms with van der Waals surface area (Å²) in [6.45, 7) is 3.54. The van der Waals surface area contributed by atoms with Crippen molar-refractivity contribution in [3.05, 3.63) is 54.1 Å². The van der Waals surface area contributed by atoms with E-state index in [1.807, 2.05) is 0 Å². The summed E-state index contributed by atoms with van der Waals surface area (Å²) in [6.07, 6.45) is 0.782. The molecule has 0 aliphatic carbocycles. The van der Waals surface area contributed by atoms with Crippen molar-refractivity contribution in [2.45, 2.75) is 26.7 Å². The number of anilines is 3. The summed E-state index contributed by atoms with van der Waals surface area (Å²) in [6, 6.07) is 13.6. The second-order valence-corrected chi connectivity index (χ2v) is 5.42. The molecule has 3 amide bonds. The first-order valence-electron chi connectivity index (χ1n) is 8.13. The van der Waals surface area contributed by atoms with Crippen molar-refractivity contribution in [3.63, 3.8) is 0 Å². The van der Waals surface area contributed by atoms with Gasteiger partial charge < -0.3 is 16.0 Å². The SMILES string of the molecule is CCC(=O)Nc1ccc(C(=O)Nc2cccc(NC(=O)CC)c2)cc1. The smallest absolute Gasteiger partial charge is 0.255 e. The number of nitrogens with one attached hydrogen (secondary N) is 3. The van der Waals surface area contributed by atoms with E-state index in [4.69, 9.17) is 0 Å². The van der Waals surface area contributed by atoms with Gasteiger partial charge in [-0.1, -0.05) is 19.9 Å². The van der Waals surface area contributed by atoms with Gasteiger partial charge in [0.25, 0.3) is 5.91 Å². The lowest BCUT2D eigenvalue weighted by Gasteiger charge is -2.09. The van der Waals surface area contributed by atoms with E-state index in [9.17, 15) is 14.4 Å². The molecule has 0 aliphatic heterocycles. The number of rotatable bonds is 6. The van der Waals surface area contributed by atoms with Gasteiger partial charge in [-0.2, -0.15) is 0 Å². The van der Waals surface area contributed by atoms with Crippen LogP contribution in [0.4, 0.5) is 17.1 Å². The van der Waals surface area contributed by atoms with Gasteiger partial charge in [-0.15, -0.1) is 0 Å². The summed E-state index contributed by atoms with van der Waals surface area (Å²) in [5.74, 6) is -0.441. The quantitative estimate of drug-likeness (QED) is 0.751. The molecule has 6 heteroatoms. The number of hydrogen-bond acceptors (Lipinski definition) is 3. The highest BCUT2D eigenvalue weighted by molar-refractivity contribution is 6.05. The molecule has 0 spiro atoms. The van der Waals surface area contributed by atoms with Crippen LogP contribution in [0.15, 0.2) is 48.5 Å². The molecule has 0 heterocycles. The minimum Gasteiger partial charge on any atom is -0.326 e. The molecule has 0 aromatic heterocycles. The third-order valence-electron chi connectivity index (χ3n) is 3.48. The molecule has 0 unspecified atom stereocenters. The van der Waals surface area contributed by atoms with Crippen LogP contribution in [0.25, 0.3) is 0 Å². The minimum absolute atomic E-state index is 0.0804. The first-order valence-corrected chi connectivity index (χ1v) is 8.13. The van der Waals surface area contributed by atoms with Crippen molar-refractivity contribution in [1.29, 1.82) is 0 Å². The van der Waals surface area contributed by atoms with Crippen LogP contribution in [0, 0.1) is 0 Å². The molecule has 0 bridgehead atoms. The van der Waals surface area contributed by atoms with Gasteiger partial charge in [-0.25, -0.2) is 0 Å². The second-order valence-electron chi connectivity index (χ2n) is 5.42. The Balaban J connectivity index is 2.03. The Bertz CT molecular complexity index is 770. The fourth-order valence-corrected chi connectivity index (χ4v) is 2.08. The lowest BCUT2D eigenvalue weighted by atomic mass is 10.2. The summed E-state index contributed by atoms with van der Waals surface area (Å²) in [7, 11) is 0. The topological polar surface area (TPSA) is 87.3 Å². The van der Waals surface area contributed by atoms with Gasteiger partial charge in [0.2, 0.25) is 11.8 Å². The summed E-state index contributed by atoms with van der Waals surface area (Å²) >= 11 is 0. The summed E-state index contributed by atoms with van der Waals surface area (Å²) in [4.78, 5) is 35.1. The molecule has 25 heavy (non-hydrogen) atoms. The van der Waals surface area contributed by atoms with Crippen LogP contribution in [0.5, 0.6) is 0 Å². The first kappa shape index (κ1) is 18.2. The van der Waals surface area contributed by atoms with Gasteiger partial charge in [0, 0.05) is 35.5 Å². The Hall–Kier alpha value is -3.15. The van der Waals surface area contributed by atoms with Gasteiger partial charge in [-0.3, -0.25) is 14.4 Å². The van der Waals surface area contributed by atoms with Crippen LogP contribution >= 0.6 is 0 Å². The minimum atomic E-state index is -0.271. The van der Waals surface area contributed by atoms with Crippen LogP contribution in [0.1, 0.15) is 37.0 Å². The number of amides is 3. The van der Waals surface area contributed by atoms with E-state index in [2.05, 4.69) is 16.0 Å². The van der Waals surface area contributed by atoms with E-state index in [0.717, 1.165) is 0 Å². The Morgan fingerprint density at radius 1 is 0.720 bits per heavy atom. The number of hydrogen-bond donors (Lipinski definition) is 3. The Kier molecular flexibility index (Phi) is 6.28. The molecule has 0 radical (unpaired) electrons. The van der Waals surface area contributed by atoms with Crippen molar-refractivity contribution in [1.82, 2.24) is 0 Å². The van der Waals surface area contributed by atoms with Crippen molar-refractivity contribution in [2.24, 2.45) is 0 Å². The van der Waals surface area contributed by atoms with E-state index in [1.165, 1.54) is 0 Å². The second kappa shape index (κ2) is 8.63. The first-order chi connectivity index (χ1) is 12.0. The normalized spacial score (nSPS) is 10.0. The summed E-state index contributed by atoms with van der Waals surface area (Å²) in [5.41, 5.74) is 2.33. The van der Waals surface area contributed by atoms with Gasteiger partial charge in [-0.05, 0) is 42.5 Å². The molecule has 130 valence electrons. The molecule has 0 fully saturated rings. The van der Waals surface area contributed by atoms with E-state index >= 15 is 0 Å². The van der Waals surface area contributed by atoms with E-state index < -0.39 is 0 Å². The van der Waals surface area contributed by atoms with Crippen molar-refractivity contribution in [2.75, 3.05) is 16.0 Å². The lowest BCUT2D eigenvalue weighted by Crippen LogP contribution is -2.13. The molecule has 0 aliphatic rings. The highest BCUT2D eigenvalue weighted by atomic mass is 16.2. The van der Waals surface area contributed by atoms with E-state index in [0.29, 0.717) is 35.5 Å². The maximum Gasteiger partial charge on any atom is 0.255 e. The van der Waals surface area contributed by atoms with Gasteiger partial charge in [0.05, 0.1) is 0 Å². The molecule has 6 nitrogen and oxygen atoms in total. The fraction of sp³-hybridized carbons (Fsp3) is 0.211. The molecule has 3 N–H and O–H groups in total. The maximum atomic E-state index is 12.3. The van der Waals surface area contributed by atoms with E-state index in [1.54, 1.807) is 62.4 Å². The molecule has 2 aromatic carbocycles. The highest BCUT2D eigenvalue weighted by Gasteiger charge is 2.08. The average Bonchev–Trinajstić information content (AvgIpc) is 2.62. The lowest BCUT2D eigenvalue weighted by molar-refractivity contribution is -0.116. The molecular weight excluding hydrogens is 318 g/mol. The number of carbonyl (C=O) groups excluding carboxylic acids is 3. The zero-order chi connectivity index (χ0) is 18.2. The molecule has 0 atom stereocenters. The fourth-order valence-electron chi connectivity index (χ4n) is 2.08. The average molecular weight is 339 g/mol. The van der Waals surface area contributed by atoms with E-state index in [-0.39, 0.29) is 17.7 Å². The van der Waals surface area contributed by atoms with Crippen LogP contribution < -0.4 is 16.0 Å². The predicted octanol–water partition coefficient (Wildman–Crippen LogP) is 3.64. The molecule has 2 rings (SSSR count). The Morgan fingerprint density at radius 2 is 1.24 bits per heavy atom. The van der Waals surface area contributed by atoms with Crippen LogP contribution in [0.2, 0.25) is 0 Å². The predicted molar refractivity (Wildman–Crippen MR) is 98.7 cm³/mol. The number of carbonyl (C=O) groups is 3. The third-order valence-corrected chi connectivity index (χ3v) is 3.48. The Labute approximate surface area is 146 Å². The van der Waals surface area contributed by atoms with Gasteiger partial charge in [0.15, 0.2) is 0 Å². The molecule has 0 saturated carbocycles. The molecule has 2 aromatic rings. The van der Waals surface area contributed by atoms with Crippen LogP contribution in [0.3, 0.4) is 0 Å². The maximum absolute atomic E-state index is 12.3. The summed E-state index contributed by atoms with van der Waals surface area (Å²) < 4.78 is 0. The monoisotopic (exact) mass is 339 g/mol. The standard InChI is InChI=1S/C19H21N3O3/c1-3-17(23)20-14-10-8-13(9-11-14)19(25)22-16-7-5-6-15(12-16)21-18(24)4-2/h5-12H,3-4H2,1-2H3,(H,20,23)(H,21,24)(H,22,25). The third kappa shape index (κ3) is 5.46. The van der Waals surface area contributed by atoms with Crippen molar-refractivity contribution in [3.8, 4) is 0 Å². The van der Waals surface area contributed by atoms with Crippen molar-refractivity contribution < 1.29 is 14.4 Å². The molecule has 0 saturated heterocycles. The Morgan fingerprint density at radius 3 is 1.80 bits per heavy atom. The molecular formula is C19H21N3O3. The zero-order valence-electron chi connectivity index (χ0n) is 14.3. The summed E-state index contributed by atoms with van der Waals surface area (Å²) in [5, 5.41) is 8.26. The largest absolute Gasteiger partial charge is 0.326 e. The van der Waals surface area contributed by atoms with Crippen molar-refractivity contribution >= 4 is 34.8 Å².